The molecule has 4 nitrogen and oxygen atoms in total. The highest BCUT2D eigenvalue weighted by atomic mass is 35.5. The van der Waals surface area contributed by atoms with Crippen molar-refractivity contribution in [2.45, 2.75) is 45.2 Å². The van der Waals surface area contributed by atoms with Crippen LogP contribution in [0.25, 0.3) is 0 Å². The molecule has 0 saturated carbocycles. The van der Waals surface area contributed by atoms with Gasteiger partial charge in [-0.15, -0.1) is 0 Å². The minimum atomic E-state index is -0.0923. The van der Waals surface area contributed by atoms with Crippen LogP contribution in [0.15, 0.2) is 18.2 Å². The SMILES string of the molecule is COc1ccc(Cl)cc1NC(=O)N1C(C)CCCC1C. The van der Waals surface area contributed by atoms with Crippen LogP contribution in [0, 0.1) is 0 Å². The Kier molecular flexibility index (Phi) is 4.76. The Bertz CT molecular complexity index is 483. The Hall–Kier alpha value is -1.42. The van der Waals surface area contributed by atoms with Crippen molar-refractivity contribution in [3.63, 3.8) is 0 Å². The molecule has 0 aromatic heterocycles. The van der Waals surface area contributed by atoms with Gasteiger partial charge in [-0.1, -0.05) is 11.6 Å². The molecule has 110 valence electrons. The molecule has 1 aliphatic rings. The van der Waals surface area contributed by atoms with Gasteiger partial charge in [0.1, 0.15) is 5.75 Å². The number of hydrogen-bond acceptors (Lipinski definition) is 2. The van der Waals surface area contributed by atoms with Crippen LogP contribution < -0.4 is 10.1 Å². The first-order valence-electron chi connectivity index (χ1n) is 6.95. The molecule has 1 aliphatic heterocycles. The Morgan fingerprint density at radius 2 is 2.00 bits per heavy atom. The molecule has 5 heteroatoms. The molecular weight excluding hydrogens is 276 g/mol. The molecule has 0 spiro atoms. The number of anilines is 1. The number of hydrogen-bond donors (Lipinski definition) is 1. The van der Waals surface area contributed by atoms with Crippen molar-refractivity contribution < 1.29 is 9.53 Å². The number of carbonyl (C=O) groups is 1. The lowest BCUT2D eigenvalue weighted by molar-refractivity contribution is 0.133. The normalized spacial score (nSPS) is 22.5. The van der Waals surface area contributed by atoms with Crippen LogP contribution in [0.1, 0.15) is 33.1 Å². The highest BCUT2D eigenvalue weighted by molar-refractivity contribution is 6.31. The maximum Gasteiger partial charge on any atom is 0.322 e. The molecule has 1 aromatic rings. The second-order valence-electron chi connectivity index (χ2n) is 5.31. The summed E-state index contributed by atoms with van der Waals surface area (Å²) < 4.78 is 5.25. The molecule has 20 heavy (non-hydrogen) atoms. The number of likely N-dealkylation sites (tertiary alicyclic amines) is 1. The predicted octanol–water partition coefficient (Wildman–Crippen LogP) is 4.14. The van der Waals surface area contributed by atoms with Gasteiger partial charge in [0, 0.05) is 17.1 Å². The first-order chi connectivity index (χ1) is 9.52. The fourth-order valence-electron chi connectivity index (χ4n) is 2.78. The third kappa shape index (κ3) is 3.18. The van der Waals surface area contributed by atoms with E-state index in [9.17, 15) is 4.79 Å². The van der Waals surface area contributed by atoms with Crippen LogP contribution in [0.2, 0.25) is 5.02 Å². The van der Waals surface area contributed by atoms with Crippen LogP contribution in [-0.4, -0.2) is 30.1 Å². The number of halogens is 1. The van der Waals surface area contributed by atoms with Crippen LogP contribution in [0.5, 0.6) is 5.75 Å². The Balaban J connectivity index is 2.16. The number of carbonyl (C=O) groups excluding carboxylic acids is 1. The van der Waals surface area contributed by atoms with Crippen LogP contribution in [-0.2, 0) is 0 Å². The van der Waals surface area contributed by atoms with Gasteiger partial charge in [0.15, 0.2) is 0 Å². The number of nitrogens with one attached hydrogen (secondary N) is 1. The molecule has 2 rings (SSSR count). The molecule has 1 fully saturated rings. The standard InChI is InChI=1S/C15H21ClN2O2/c1-10-5-4-6-11(2)18(10)15(19)17-13-9-12(16)7-8-14(13)20-3/h7-11H,4-6H2,1-3H3,(H,17,19). The van der Waals surface area contributed by atoms with Gasteiger partial charge in [-0.2, -0.15) is 0 Å². The maximum absolute atomic E-state index is 12.5. The van der Waals surface area contributed by atoms with Gasteiger partial charge < -0.3 is 15.0 Å². The zero-order chi connectivity index (χ0) is 14.7. The summed E-state index contributed by atoms with van der Waals surface area (Å²) in [5, 5.41) is 3.48. The van der Waals surface area contributed by atoms with Crippen molar-refractivity contribution in [2.24, 2.45) is 0 Å². The number of amides is 2. The minimum Gasteiger partial charge on any atom is -0.495 e. The number of methoxy groups -OCH3 is 1. The smallest absolute Gasteiger partial charge is 0.322 e. The molecule has 2 unspecified atom stereocenters. The van der Waals surface area contributed by atoms with Crippen molar-refractivity contribution in [1.29, 1.82) is 0 Å². The molecule has 2 atom stereocenters. The summed E-state index contributed by atoms with van der Waals surface area (Å²) in [6.45, 7) is 4.18. The monoisotopic (exact) mass is 296 g/mol. The third-order valence-corrected chi connectivity index (χ3v) is 4.07. The maximum atomic E-state index is 12.5. The molecule has 1 aromatic carbocycles. The Labute approximate surface area is 125 Å². The van der Waals surface area contributed by atoms with E-state index in [1.807, 2.05) is 4.90 Å². The molecule has 0 aliphatic carbocycles. The van der Waals surface area contributed by atoms with Crippen LogP contribution >= 0.6 is 11.6 Å². The van der Waals surface area contributed by atoms with Crippen molar-refractivity contribution in [3.8, 4) is 5.75 Å². The van der Waals surface area contributed by atoms with E-state index in [1.165, 1.54) is 6.42 Å². The number of benzene rings is 1. The molecule has 1 heterocycles. The van der Waals surface area contributed by atoms with Gasteiger partial charge in [-0.05, 0) is 51.3 Å². The van der Waals surface area contributed by atoms with E-state index in [4.69, 9.17) is 16.3 Å². The average molecular weight is 297 g/mol. The van der Waals surface area contributed by atoms with E-state index in [-0.39, 0.29) is 18.1 Å². The summed E-state index contributed by atoms with van der Waals surface area (Å²) in [6, 6.07) is 5.61. The second kappa shape index (κ2) is 6.35. The van der Waals surface area contributed by atoms with Crippen molar-refractivity contribution in [1.82, 2.24) is 4.90 Å². The summed E-state index contributed by atoms with van der Waals surface area (Å²) >= 11 is 5.98. The van der Waals surface area contributed by atoms with Gasteiger partial charge >= 0.3 is 6.03 Å². The fraction of sp³-hybridized carbons (Fsp3) is 0.533. The molecule has 1 saturated heterocycles. The highest BCUT2D eigenvalue weighted by Crippen LogP contribution is 2.29. The quantitative estimate of drug-likeness (QED) is 0.891. The zero-order valence-electron chi connectivity index (χ0n) is 12.1. The van der Waals surface area contributed by atoms with E-state index in [0.717, 1.165) is 12.8 Å². The molecule has 2 amide bonds. The van der Waals surface area contributed by atoms with Gasteiger partial charge in [0.25, 0.3) is 0 Å². The number of rotatable bonds is 2. The average Bonchev–Trinajstić information content (AvgIpc) is 2.38. The summed E-state index contributed by atoms with van der Waals surface area (Å²) in [7, 11) is 1.57. The van der Waals surface area contributed by atoms with E-state index in [2.05, 4.69) is 19.2 Å². The van der Waals surface area contributed by atoms with E-state index in [1.54, 1.807) is 25.3 Å². The third-order valence-electron chi connectivity index (χ3n) is 3.83. The Morgan fingerprint density at radius 1 is 1.35 bits per heavy atom. The first-order valence-corrected chi connectivity index (χ1v) is 7.33. The number of piperidine rings is 1. The van der Waals surface area contributed by atoms with Crippen LogP contribution in [0.3, 0.4) is 0 Å². The van der Waals surface area contributed by atoms with Gasteiger partial charge in [-0.3, -0.25) is 0 Å². The lowest BCUT2D eigenvalue weighted by Gasteiger charge is -2.38. The largest absolute Gasteiger partial charge is 0.495 e. The molecule has 1 N–H and O–H groups in total. The van der Waals surface area contributed by atoms with E-state index < -0.39 is 0 Å². The summed E-state index contributed by atoms with van der Waals surface area (Å²) in [4.78, 5) is 14.4. The van der Waals surface area contributed by atoms with Crippen LogP contribution in [0.4, 0.5) is 10.5 Å². The lowest BCUT2D eigenvalue weighted by Crippen LogP contribution is -2.49. The Morgan fingerprint density at radius 3 is 2.60 bits per heavy atom. The number of urea groups is 1. The minimum absolute atomic E-state index is 0.0923. The highest BCUT2D eigenvalue weighted by Gasteiger charge is 2.29. The van der Waals surface area contributed by atoms with Gasteiger partial charge in [0.2, 0.25) is 0 Å². The van der Waals surface area contributed by atoms with Gasteiger partial charge in [0.05, 0.1) is 12.8 Å². The zero-order valence-corrected chi connectivity index (χ0v) is 12.9. The topological polar surface area (TPSA) is 41.6 Å². The van der Waals surface area contributed by atoms with Gasteiger partial charge in [-0.25, -0.2) is 4.79 Å². The summed E-state index contributed by atoms with van der Waals surface area (Å²) in [6.07, 6.45) is 3.27. The molecule has 0 radical (unpaired) electrons. The molecule has 0 bridgehead atoms. The van der Waals surface area contributed by atoms with Crippen molar-refractivity contribution >= 4 is 23.3 Å². The second-order valence-corrected chi connectivity index (χ2v) is 5.75. The fourth-order valence-corrected chi connectivity index (χ4v) is 2.95. The molecular formula is C15H21ClN2O2. The summed E-state index contributed by atoms with van der Waals surface area (Å²) in [5.74, 6) is 0.611. The van der Waals surface area contributed by atoms with Crippen molar-refractivity contribution in [2.75, 3.05) is 12.4 Å². The number of ether oxygens (including phenoxy) is 1. The first kappa shape index (κ1) is 15.0. The predicted molar refractivity (Wildman–Crippen MR) is 81.6 cm³/mol. The van der Waals surface area contributed by atoms with E-state index >= 15 is 0 Å². The van der Waals surface area contributed by atoms with Crippen molar-refractivity contribution in [3.05, 3.63) is 23.2 Å². The lowest BCUT2D eigenvalue weighted by atomic mass is 9.98. The number of nitrogens with zero attached hydrogens (tertiary/aromatic N) is 1. The summed E-state index contributed by atoms with van der Waals surface area (Å²) in [5.41, 5.74) is 0.606. The van der Waals surface area contributed by atoms with E-state index in [0.29, 0.717) is 16.5 Å².